The molecule has 2 saturated heterocycles. The van der Waals surface area contributed by atoms with Crippen molar-refractivity contribution in [3.8, 4) is 0 Å². The van der Waals surface area contributed by atoms with Gasteiger partial charge in [-0.1, -0.05) is 12.1 Å². The Labute approximate surface area is 129 Å². The standard InChI is InChI=1S/C14H22N6O2/c1-2-12-13(21)16-7-8-19(12)14(22)11-9-20(18-17-11)10-3-5-15-6-4-10/h9-10,12,15H,2-8H2,1H3,(H,16,21). The third-order valence-corrected chi connectivity index (χ3v) is 4.39. The van der Waals surface area contributed by atoms with Gasteiger partial charge in [0.05, 0.1) is 12.2 Å². The summed E-state index contributed by atoms with van der Waals surface area (Å²) in [6.45, 7) is 4.82. The van der Waals surface area contributed by atoms with Gasteiger partial charge in [-0.2, -0.15) is 0 Å². The number of hydrogen-bond donors (Lipinski definition) is 2. The van der Waals surface area contributed by atoms with Crippen LogP contribution in [0, 0.1) is 0 Å². The van der Waals surface area contributed by atoms with Gasteiger partial charge in [-0.3, -0.25) is 9.59 Å². The van der Waals surface area contributed by atoms with Gasteiger partial charge in [-0.15, -0.1) is 5.10 Å². The zero-order valence-electron chi connectivity index (χ0n) is 12.8. The molecule has 1 aromatic heterocycles. The Morgan fingerprint density at radius 3 is 2.86 bits per heavy atom. The van der Waals surface area contributed by atoms with Gasteiger partial charge >= 0.3 is 0 Å². The van der Waals surface area contributed by atoms with Crippen LogP contribution in [0.15, 0.2) is 6.20 Å². The molecule has 2 N–H and O–H groups in total. The second kappa shape index (κ2) is 6.43. The van der Waals surface area contributed by atoms with Crippen molar-refractivity contribution in [2.45, 2.75) is 38.3 Å². The van der Waals surface area contributed by atoms with E-state index < -0.39 is 6.04 Å². The average Bonchev–Trinajstić information content (AvgIpc) is 3.05. The maximum Gasteiger partial charge on any atom is 0.276 e. The summed E-state index contributed by atoms with van der Waals surface area (Å²) in [5.41, 5.74) is 0.326. The Hall–Kier alpha value is -1.96. The Kier molecular flexibility index (Phi) is 4.37. The largest absolute Gasteiger partial charge is 0.353 e. The Bertz CT molecular complexity index is 551. The van der Waals surface area contributed by atoms with Crippen LogP contribution in [0.3, 0.4) is 0 Å². The van der Waals surface area contributed by atoms with Crippen LogP contribution in [0.5, 0.6) is 0 Å². The van der Waals surface area contributed by atoms with E-state index in [9.17, 15) is 9.59 Å². The van der Waals surface area contributed by atoms with Crippen molar-refractivity contribution >= 4 is 11.8 Å². The molecule has 0 radical (unpaired) electrons. The van der Waals surface area contributed by atoms with Gasteiger partial charge in [0, 0.05) is 13.1 Å². The highest BCUT2D eigenvalue weighted by Gasteiger charge is 2.33. The van der Waals surface area contributed by atoms with Crippen LogP contribution in [0.25, 0.3) is 0 Å². The third kappa shape index (κ3) is 2.83. The van der Waals surface area contributed by atoms with E-state index in [4.69, 9.17) is 0 Å². The summed E-state index contributed by atoms with van der Waals surface area (Å²) < 4.78 is 1.79. The number of carbonyl (C=O) groups excluding carboxylic acids is 2. The number of amides is 2. The number of rotatable bonds is 3. The van der Waals surface area contributed by atoms with E-state index in [1.165, 1.54) is 0 Å². The number of nitrogens with one attached hydrogen (secondary N) is 2. The first kappa shape index (κ1) is 15.0. The predicted octanol–water partition coefficient (Wildman–Crippen LogP) is -0.447. The van der Waals surface area contributed by atoms with Crippen molar-refractivity contribution in [3.63, 3.8) is 0 Å². The smallest absolute Gasteiger partial charge is 0.276 e. The number of nitrogens with zero attached hydrogens (tertiary/aromatic N) is 4. The van der Waals surface area contributed by atoms with Crippen LogP contribution in [-0.4, -0.2) is 63.9 Å². The molecule has 2 fully saturated rings. The molecule has 0 spiro atoms. The van der Waals surface area contributed by atoms with Crippen molar-refractivity contribution in [2.24, 2.45) is 0 Å². The first-order valence-corrected chi connectivity index (χ1v) is 7.92. The SMILES string of the molecule is CCC1C(=O)NCCN1C(=O)c1cn(C2CCNCC2)nn1. The number of aromatic nitrogens is 3. The van der Waals surface area contributed by atoms with E-state index >= 15 is 0 Å². The number of piperidine rings is 1. The molecule has 0 bridgehead atoms. The molecule has 1 unspecified atom stereocenters. The lowest BCUT2D eigenvalue weighted by Crippen LogP contribution is -2.57. The Balaban J connectivity index is 1.74. The third-order valence-electron chi connectivity index (χ3n) is 4.39. The highest BCUT2D eigenvalue weighted by atomic mass is 16.2. The molecular formula is C14H22N6O2. The van der Waals surface area contributed by atoms with Crippen molar-refractivity contribution in [1.29, 1.82) is 0 Å². The maximum atomic E-state index is 12.6. The summed E-state index contributed by atoms with van der Waals surface area (Å²) >= 11 is 0. The molecular weight excluding hydrogens is 284 g/mol. The molecule has 0 aliphatic carbocycles. The molecule has 120 valence electrons. The van der Waals surface area contributed by atoms with Crippen LogP contribution < -0.4 is 10.6 Å². The Morgan fingerprint density at radius 2 is 2.14 bits per heavy atom. The van der Waals surface area contributed by atoms with E-state index in [-0.39, 0.29) is 11.8 Å². The quantitative estimate of drug-likeness (QED) is 0.789. The van der Waals surface area contributed by atoms with Crippen LogP contribution in [0.1, 0.15) is 42.7 Å². The monoisotopic (exact) mass is 306 g/mol. The van der Waals surface area contributed by atoms with Gasteiger partial charge in [-0.25, -0.2) is 4.68 Å². The van der Waals surface area contributed by atoms with Gasteiger partial charge in [0.25, 0.3) is 5.91 Å². The fourth-order valence-corrected chi connectivity index (χ4v) is 3.14. The van der Waals surface area contributed by atoms with E-state index in [1.807, 2.05) is 6.92 Å². The van der Waals surface area contributed by atoms with Gasteiger partial charge in [-0.05, 0) is 32.4 Å². The highest BCUT2D eigenvalue weighted by molar-refractivity contribution is 5.96. The average molecular weight is 306 g/mol. The number of carbonyl (C=O) groups is 2. The minimum absolute atomic E-state index is 0.0900. The molecule has 8 heteroatoms. The molecule has 1 aromatic rings. The minimum Gasteiger partial charge on any atom is -0.353 e. The van der Waals surface area contributed by atoms with Crippen LogP contribution >= 0.6 is 0 Å². The van der Waals surface area contributed by atoms with Crippen molar-refractivity contribution in [1.82, 2.24) is 30.5 Å². The number of hydrogen-bond acceptors (Lipinski definition) is 5. The fraction of sp³-hybridized carbons (Fsp3) is 0.714. The molecule has 1 atom stereocenters. The molecule has 3 heterocycles. The molecule has 3 rings (SSSR count). The van der Waals surface area contributed by atoms with Crippen molar-refractivity contribution in [3.05, 3.63) is 11.9 Å². The summed E-state index contributed by atoms with van der Waals surface area (Å²) in [4.78, 5) is 26.1. The van der Waals surface area contributed by atoms with Gasteiger partial charge in [0.15, 0.2) is 5.69 Å². The van der Waals surface area contributed by atoms with E-state index in [0.717, 1.165) is 25.9 Å². The summed E-state index contributed by atoms with van der Waals surface area (Å²) in [6.07, 6.45) is 4.29. The highest BCUT2D eigenvalue weighted by Crippen LogP contribution is 2.18. The molecule has 2 aliphatic rings. The molecule has 8 nitrogen and oxygen atoms in total. The normalized spacial score (nSPS) is 23.4. The van der Waals surface area contributed by atoms with Crippen LogP contribution in [0.2, 0.25) is 0 Å². The molecule has 22 heavy (non-hydrogen) atoms. The lowest BCUT2D eigenvalue weighted by Gasteiger charge is -2.33. The second-order valence-corrected chi connectivity index (χ2v) is 5.78. The van der Waals surface area contributed by atoms with Crippen molar-refractivity contribution in [2.75, 3.05) is 26.2 Å². The molecule has 0 aromatic carbocycles. The van der Waals surface area contributed by atoms with E-state index in [2.05, 4.69) is 20.9 Å². The van der Waals surface area contributed by atoms with Crippen LogP contribution in [-0.2, 0) is 4.79 Å². The minimum atomic E-state index is -0.412. The topological polar surface area (TPSA) is 92.2 Å². The zero-order chi connectivity index (χ0) is 15.5. The second-order valence-electron chi connectivity index (χ2n) is 5.78. The van der Waals surface area contributed by atoms with Gasteiger partial charge in [0.2, 0.25) is 5.91 Å². The summed E-state index contributed by atoms with van der Waals surface area (Å²) in [5.74, 6) is -0.297. The van der Waals surface area contributed by atoms with Crippen molar-refractivity contribution < 1.29 is 9.59 Å². The van der Waals surface area contributed by atoms with Crippen LogP contribution in [0.4, 0.5) is 0 Å². The number of piperazine rings is 1. The van der Waals surface area contributed by atoms with E-state index in [0.29, 0.717) is 31.2 Å². The summed E-state index contributed by atoms with van der Waals surface area (Å²) in [6, 6.07) is -0.118. The molecule has 0 saturated carbocycles. The lowest BCUT2D eigenvalue weighted by molar-refractivity contribution is -0.127. The Morgan fingerprint density at radius 1 is 1.36 bits per heavy atom. The maximum absolute atomic E-state index is 12.6. The molecule has 2 amide bonds. The fourth-order valence-electron chi connectivity index (χ4n) is 3.14. The first-order valence-electron chi connectivity index (χ1n) is 7.92. The zero-order valence-corrected chi connectivity index (χ0v) is 12.8. The van der Waals surface area contributed by atoms with Gasteiger partial charge < -0.3 is 15.5 Å². The lowest BCUT2D eigenvalue weighted by atomic mass is 10.1. The first-order chi connectivity index (χ1) is 10.7. The molecule has 2 aliphatic heterocycles. The van der Waals surface area contributed by atoms with E-state index in [1.54, 1.807) is 15.8 Å². The van der Waals surface area contributed by atoms with Gasteiger partial charge in [0.1, 0.15) is 6.04 Å². The summed E-state index contributed by atoms with van der Waals surface area (Å²) in [5, 5.41) is 14.2. The summed E-state index contributed by atoms with van der Waals surface area (Å²) in [7, 11) is 0. The predicted molar refractivity (Wildman–Crippen MR) is 79.3 cm³/mol.